The fraction of sp³-hybridized carbons (Fsp3) is 1.00. The second kappa shape index (κ2) is 5.67. The second-order valence-electron chi connectivity index (χ2n) is 5.41. The molecule has 0 aromatic carbocycles. The van der Waals surface area contributed by atoms with E-state index in [-0.39, 0.29) is 17.3 Å². The molecule has 0 bridgehead atoms. The van der Waals surface area contributed by atoms with Gasteiger partial charge in [-0.2, -0.15) is 0 Å². The molecule has 2 rings (SSSR count). The highest BCUT2D eigenvalue weighted by atomic mass is 32.2. The lowest BCUT2D eigenvalue weighted by molar-refractivity contribution is 0.0724. The molecule has 0 amide bonds. The molecular formula is C12H23NO3S. The molecule has 5 heteroatoms. The van der Waals surface area contributed by atoms with Crippen LogP contribution < -0.4 is 4.72 Å². The number of hydrogen-bond acceptors (Lipinski definition) is 3. The number of nitrogens with one attached hydrogen (secondary N) is 1. The molecule has 0 radical (unpaired) electrons. The third kappa shape index (κ3) is 3.42. The molecular weight excluding hydrogens is 238 g/mol. The first-order valence-corrected chi connectivity index (χ1v) is 8.31. The zero-order chi connectivity index (χ0) is 12.3. The van der Waals surface area contributed by atoms with E-state index in [0.29, 0.717) is 6.54 Å². The quantitative estimate of drug-likeness (QED) is 0.804. The average molecular weight is 261 g/mol. The van der Waals surface area contributed by atoms with E-state index in [0.717, 1.165) is 51.4 Å². The molecule has 0 aromatic heterocycles. The van der Waals surface area contributed by atoms with Gasteiger partial charge in [0.1, 0.15) is 0 Å². The molecule has 0 saturated heterocycles. The number of hydrogen-bond donors (Lipinski definition) is 2. The lowest BCUT2D eigenvalue weighted by atomic mass is 9.87. The maximum atomic E-state index is 12.0. The summed E-state index contributed by atoms with van der Waals surface area (Å²) in [5.41, 5.74) is 0. The number of aliphatic hydroxyl groups is 1. The molecule has 2 atom stereocenters. The van der Waals surface area contributed by atoms with Crippen molar-refractivity contribution in [2.75, 3.05) is 6.54 Å². The number of rotatable bonds is 4. The monoisotopic (exact) mass is 261 g/mol. The smallest absolute Gasteiger partial charge is 0.214 e. The standard InChI is InChI=1S/C12H23NO3S/c14-12-8-4-1-5-10(12)9-13-17(15,16)11-6-2-3-7-11/h10-14H,1-9H2. The van der Waals surface area contributed by atoms with Crippen LogP contribution in [0.15, 0.2) is 0 Å². The van der Waals surface area contributed by atoms with Gasteiger partial charge in [-0.15, -0.1) is 0 Å². The highest BCUT2D eigenvalue weighted by Gasteiger charge is 2.30. The minimum absolute atomic E-state index is 0.111. The van der Waals surface area contributed by atoms with Gasteiger partial charge in [-0.1, -0.05) is 25.7 Å². The van der Waals surface area contributed by atoms with Crippen molar-refractivity contribution in [2.24, 2.45) is 5.92 Å². The average Bonchev–Trinajstić information content (AvgIpc) is 2.82. The van der Waals surface area contributed by atoms with Crippen molar-refractivity contribution in [3.05, 3.63) is 0 Å². The first-order valence-electron chi connectivity index (χ1n) is 6.76. The Kier molecular flexibility index (Phi) is 4.44. The number of aliphatic hydroxyl groups excluding tert-OH is 1. The van der Waals surface area contributed by atoms with Crippen molar-refractivity contribution >= 4 is 10.0 Å². The van der Waals surface area contributed by atoms with Crippen LogP contribution in [0, 0.1) is 5.92 Å². The molecule has 0 spiro atoms. The molecule has 0 aliphatic heterocycles. The van der Waals surface area contributed by atoms with Crippen LogP contribution in [0.2, 0.25) is 0 Å². The molecule has 0 aromatic rings. The number of sulfonamides is 1. The van der Waals surface area contributed by atoms with Gasteiger partial charge in [0.25, 0.3) is 0 Å². The van der Waals surface area contributed by atoms with E-state index in [1.165, 1.54) is 0 Å². The minimum Gasteiger partial charge on any atom is -0.393 e. The summed E-state index contributed by atoms with van der Waals surface area (Å²) in [6, 6.07) is 0. The highest BCUT2D eigenvalue weighted by Crippen LogP contribution is 2.26. The van der Waals surface area contributed by atoms with Crippen LogP contribution in [0.25, 0.3) is 0 Å². The summed E-state index contributed by atoms with van der Waals surface area (Å²) in [6.07, 6.45) is 7.24. The SMILES string of the molecule is O=S(=O)(NCC1CCCCC1O)C1CCCC1. The molecule has 2 N–H and O–H groups in total. The largest absolute Gasteiger partial charge is 0.393 e. The van der Waals surface area contributed by atoms with Gasteiger partial charge in [-0.25, -0.2) is 13.1 Å². The summed E-state index contributed by atoms with van der Waals surface area (Å²) in [7, 11) is -3.14. The first kappa shape index (κ1) is 13.3. The Morgan fingerprint density at radius 2 is 1.59 bits per heavy atom. The second-order valence-corrected chi connectivity index (χ2v) is 7.46. The zero-order valence-corrected chi connectivity index (χ0v) is 11.1. The van der Waals surface area contributed by atoms with Gasteiger partial charge in [-0.05, 0) is 31.6 Å². The fourth-order valence-electron chi connectivity index (χ4n) is 2.97. The van der Waals surface area contributed by atoms with Crippen LogP contribution in [-0.2, 0) is 10.0 Å². The summed E-state index contributed by atoms with van der Waals surface area (Å²) in [5, 5.41) is 9.60. The Morgan fingerprint density at radius 3 is 2.24 bits per heavy atom. The van der Waals surface area contributed by atoms with Gasteiger partial charge in [0.15, 0.2) is 0 Å². The van der Waals surface area contributed by atoms with Crippen molar-refractivity contribution in [1.29, 1.82) is 0 Å². The predicted octanol–water partition coefficient (Wildman–Crippen LogP) is 1.40. The highest BCUT2D eigenvalue weighted by molar-refractivity contribution is 7.90. The Labute approximate surface area is 104 Å². The van der Waals surface area contributed by atoms with E-state index in [1.54, 1.807) is 0 Å². The third-order valence-electron chi connectivity index (χ3n) is 4.16. The normalized spacial score (nSPS) is 31.8. The maximum Gasteiger partial charge on any atom is 0.214 e. The zero-order valence-electron chi connectivity index (χ0n) is 10.3. The molecule has 0 heterocycles. The summed E-state index contributed by atoms with van der Waals surface area (Å²) in [5.74, 6) is 0.111. The van der Waals surface area contributed by atoms with Crippen molar-refractivity contribution in [3.63, 3.8) is 0 Å². The Morgan fingerprint density at radius 1 is 1.00 bits per heavy atom. The summed E-state index contributed by atoms with van der Waals surface area (Å²) >= 11 is 0. The van der Waals surface area contributed by atoms with E-state index >= 15 is 0 Å². The first-order chi connectivity index (χ1) is 8.09. The minimum atomic E-state index is -3.14. The van der Waals surface area contributed by atoms with Crippen molar-refractivity contribution in [1.82, 2.24) is 4.72 Å². The van der Waals surface area contributed by atoms with Crippen LogP contribution in [0.3, 0.4) is 0 Å². The van der Waals surface area contributed by atoms with Gasteiger partial charge in [0.05, 0.1) is 11.4 Å². The van der Waals surface area contributed by atoms with Gasteiger partial charge in [0, 0.05) is 6.54 Å². The Hall–Kier alpha value is -0.130. The lowest BCUT2D eigenvalue weighted by Crippen LogP contribution is -2.40. The molecule has 100 valence electrons. The predicted molar refractivity (Wildman–Crippen MR) is 67.1 cm³/mol. The van der Waals surface area contributed by atoms with Gasteiger partial charge in [-0.3, -0.25) is 0 Å². The van der Waals surface area contributed by atoms with Crippen LogP contribution in [0.1, 0.15) is 51.4 Å². The van der Waals surface area contributed by atoms with Crippen LogP contribution in [0.4, 0.5) is 0 Å². The molecule has 2 fully saturated rings. The molecule has 4 nitrogen and oxygen atoms in total. The molecule has 2 unspecified atom stereocenters. The maximum absolute atomic E-state index is 12.0. The van der Waals surface area contributed by atoms with Crippen molar-refractivity contribution in [3.8, 4) is 0 Å². The van der Waals surface area contributed by atoms with E-state index in [9.17, 15) is 13.5 Å². The van der Waals surface area contributed by atoms with E-state index in [4.69, 9.17) is 0 Å². The molecule has 2 aliphatic rings. The van der Waals surface area contributed by atoms with Gasteiger partial charge in [0.2, 0.25) is 10.0 Å². The third-order valence-corrected chi connectivity index (χ3v) is 6.07. The van der Waals surface area contributed by atoms with Crippen LogP contribution in [-0.4, -0.2) is 31.4 Å². The van der Waals surface area contributed by atoms with Crippen molar-refractivity contribution < 1.29 is 13.5 Å². The summed E-state index contributed by atoms with van der Waals surface area (Å²) in [4.78, 5) is 0. The van der Waals surface area contributed by atoms with Gasteiger partial charge >= 0.3 is 0 Å². The topological polar surface area (TPSA) is 66.4 Å². The summed E-state index contributed by atoms with van der Waals surface area (Å²) < 4.78 is 26.7. The van der Waals surface area contributed by atoms with Crippen molar-refractivity contribution in [2.45, 2.75) is 62.7 Å². The molecule has 17 heavy (non-hydrogen) atoms. The van der Waals surface area contributed by atoms with E-state index < -0.39 is 10.0 Å². The lowest BCUT2D eigenvalue weighted by Gasteiger charge is -2.28. The van der Waals surface area contributed by atoms with E-state index in [2.05, 4.69) is 4.72 Å². The Balaban J connectivity index is 1.84. The van der Waals surface area contributed by atoms with Crippen LogP contribution in [0.5, 0.6) is 0 Å². The van der Waals surface area contributed by atoms with Gasteiger partial charge < -0.3 is 5.11 Å². The van der Waals surface area contributed by atoms with E-state index in [1.807, 2.05) is 0 Å². The molecule has 2 aliphatic carbocycles. The van der Waals surface area contributed by atoms with Crippen LogP contribution >= 0.6 is 0 Å². The fourth-order valence-corrected chi connectivity index (χ4v) is 4.60. The summed E-state index contributed by atoms with van der Waals surface area (Å²) in [6.45, 7) is 0.417. The Bertz CT molecular complexity index is 336. The molecule has 2 saturated carbocycles.